The van der Waals surface area contributed by atoms with Gasteiger partial charge in [-0.15, -0.1) is 0 Å². The van der Waals surface area contributed by atoms with Gasteiger partial charge in [0, 0.05) is 29.0 Å². The third kappa shape index (κ3) is 2.28. The molecule has 2 nitrogen and oxygen atoms in total. The largest absolute Gasteiger partial charge is 0.333 e. The van der Waals surface area contributed by atoms with Crippen molar-refractivity contribution in [3.8, 4) is 0 Å². The monoisotopic (exact) mass is 226 g/mol. The van der Waals surface area contributed by atoms with Crippen LogP contribution in [0.25, 0.3) is 0 Å². The Bertz CT molecular complexity index is 403. The van der Waals surface area contributed by atoms with Gasteiger partial charge in [-0.2, -0.15) is 0 Å². The maximum absolute atomic E-state index is 5.88. The van der Waals surface area contributed by atoms with Crippen LogP contribution in [-0.2, 0) is 6.54 Å². The number of hydrogen-bond donors (Lipinski definition) is 0. The summed E-state index contributed by atoms with van der Waals surface area (Å²) >= 11 is 11.8. The smallest absolute Gasteiger partial charge is 0.0949 e. The van der Waals surface area contributed by atoms with Crippen LogP contribution in [0.2, 0.25) is 10.0 Å². The molecule has 0 N–H and O–H groups in total. The molecule has 0 aliphatic carbocycles. The van der Waals surface area contributed by atoms with Gasteiger partial charge >= 0.3 is 0 Å². The molecule has 0 radical (unpaired) electrons. The summed E-state index contributed by atoms with van der Waals surface area (Å²) in [6.07, 6.45) is 5.40. The summed E-state index contributed by atoms with van der Waals surface area (Å²) in [5, 5.41) is 1.32. The second-order valence-corrected chi connectivity index (χ2v) is 3.89. The molecule has 0 spiro atoms. The number of aromatic nitrogens is 2. The third-order valence-electron chi connectivity index (χ3n) is 1.85. The van der Waals surface area contributed by atoms with Crippen molar-refractivity contribution in [3.05, 3.63) is 52.5 Å². The Morgan fingerprint density at radius 1 is 1.14 bits per heavy atom. The number of hydrogen-bond acceptors (Lipinski definition) is 1. The van der Waals surface area contributed by atoms with E-state index in [-0.39, 0.29) is 0 Å². The topological polar surface area (TPSA) is 17.8 Å². The lowest BCUT2D eigenvalue weighted by molar-refractivity contribution is 0.797. The highest BCUT2D eigenvalue weighted by Crippen LogP contribution is 2.19. The highest BCUT2D eigenvalue weighted by molar-refractivity contribution is 6.34. The van der Waals surface area contributed by atoms with Crippen molar-refractivity contribution in [2.75, 3.05) is 0 Å². The lowest BCUT2D eigenvalue weighted by Gasteiger charge is -2.03. The van der Waals surface area contributed by atoms with Crippen LogP contribution in [0.15, 0.2) is 36.9 Å². The number of halogens is 2. The molecule has 0 fully saturated rings. The first-order valence-corrected chi connectivity index (χ1v) is 4.90. The molecule has 1 aromatic carbocycles. The second kappa shape index (κ2) is 4.03. The van der Waals surface area contributed by atoms with E-state index in [1.54, 1.807) is 18.6 Å². The van der Waals surface area contributed by atoms with Gasteiger partial charge in [0.05, 0.1) is 6.33 Å². The minimum atomic E-state index is 0.660. The van der Waals surface area contributed by atoms with E-state index in [1.807, 2.05) is 22.9 Å². The quantitative estimate of drug-likeness (QED) is 0.769. The molecule has 0 amide bonds. The average Bonchev–Trinajstić information content (AvgIpc) is 2.54. The van der Waals surface area contributed by atoms with Crippen LogP contribution >= 0.6 is 23.2 Å². The molecule has 1 heterocycles. The number of rotatable bonds is 2. The van der Waals surface area contributed by atoms with Gasteiger partial charge in [-0.1, -0.05) is 23.2 Å². The first kappa shape index (κ1) is 9.56. The Morgan fingerprint density at radius 3 is 2.43 bits per heavy atom. The Morgan fingerprint density at radius 2 is 1.86 bits per heavy atom. The van der Waals surface area contributed by atoms with E-state index in [2.05, 4.69) is 4.98 Å². The van der Waals surface area contributed by atoms with Crippen LogP contribution in [0.3, 0.4) is 0 Å². The summed E-state index contributed by atoms with van der Waals surface area (Å²) in [6.45, 7) is 0.736. The Labute approximate surface area is 92.1 Å². The van der Waals surface area contributed by atoms with Crippen LogP contribution in [0.4, 0.5) is 0 Å². The predicted octanol–water partition coefficient (Wildman–Crippen LogP) is 3.24. The minimum absolute atomic E-state index is 0.660. The Hall–Kier alpha value is -0.990. The molecular formula is C10H8Cl2N2. The zero-order chi connectivity index (χ0) is 9.97. The van der Waals surface area contributed by atoms with Gasteiger partial charge in [0.2, 0.25) is 0 Å². The molecule has 1 aromatic heterocycles. The molecular weight excluding hydrogens is 219 g/mol. The lowest BCUT2D eigenvalue weighted by Crippen LogP contribution is -1.95. The van der Waals surface area contributed by atoms with Crippen molar-refractivity contribution < 1.29 is 0 Å². The van der Waals surface area contributed by atoms with Crippen LogP contribution in [-0.4, -0.2) is 9.55 Å². The van der Waals surface area contributed by atoms with Gasteiger partial charge in [-0.3, -0.25) is 0 Å². The minimum Gasteiger partial charge on any atom is -0.333 e. The molecule has 0 aliphatic rings. The first-order valence-electron chi connectivity index (χ1n) is 4.15. The lowest BCUT2D eigenvalue weighted by atomic mass is 10.2. The van der Waals surface area contributed by atoms with Crippen molar-refractivity contribution in [2.24, 2.45) is 0 Å². The highest BCUT2D eigenvalue weighted by atomic mass is 35.5. The Kier molecular flexibility index (Phi) is 2.75. The second-order valence-electron chi connectivity index (χ2n) is 3.01. The van der Waals surface area contributed by atoms with Crippen molar-refractivity contribution >= 4 is 23.2 Å². The molecule has 0 saturated carbocycles. The highest BCUT2D eigenvalue weighted by Gasteiger charge is 1.98. The maximum Gasteiger partial charge on any atom is 0.0949 e. The fourth-order valence-electron chi connectivity index (χ4n) is 1.29. The SMILES string of the molecule is Clc1cc(Cl)cc(Cn2ccnc2)c1. The summed E-state index contributed by atoms with van der Waals surface area (Å²) in [5.41, 5.74) is 1.07. The summed E-state index contributed by atoms with van der Waals surface area (Å²) in [4.78, 5) is 3.96. The molecule has 0 bridgehead atoms. The normalized spacial score (nSPS) is 10.4. The predicted molar refractivity (Wildman–Crippen MR) is 57.8 cm³/mol. The van der Waals surface area contributed by atoms with Gasteiger partial charge in [0.25, 0.3) is 0 Å². The van der Waals surface area contributed by atoms with Gasteiger partial charge in [-0.25, -0.2) is 4.98 Å². The summed E-state index contributed by atoms with van der Waals surface area (Å²) in [5.74, 6) is 0. The summed E-state index contributed by atoms with van der Waals surface area (Å²) in [7, 11) is 0. The number of benzene rings is 1. The molecule has 14 heavy (non-hydrogen) atoms. The molecule has 0 saturated heterocycles. The molecule has 2 rings (SSSR count). The van der Waals surface area contributed by atoms with Crippen molar-refractivity contribution in [3.63, 3.8) is 0 Å². The fraction of sp³-hybridized carbons (Fsp3) is 0.100. The van der Waals surface area contributed by atoms with Gasteiger partial charge in [0.1, 0.15) is 0 Å². The zero-order valence-corrected chi connectivity index (χ0v) is 8.83. The van der Waals surface area contributed by atoms with Crippen LogP contribution in [0, 0.1) is 0 Å². The van der Waals surface area contributed by atoms with Gasteiger partial charge < -0.3 is 4.57 Å². The molecule has 72 valence electrons. The van der Waals surface area contributed by atoms with E-state index in [1.165, 1.54) is 0 Å². The molecule has 4 heteroatoms. The van der Waals surface area contributed by atoms with E-state index in [9.17, 15) is 0 Å². The zero-order valence-electron chi connectivity index (χ0n) is 7.32. The van der Waals surface area contributed by atoms with Crippen molar-refractivity contribution in [2.45, 2.75) is 6.54 Å². The maximum atomic E-state index is 5.88. The van der Waals surface area contributed by atoms with Crippen molar-refractivity contribution in [1.29, 1.82) is 0 Å². The van der Waals surface area contributed by atoms with E-state index in [0.29, 0.717) is 10.0 Å². The van der Waals surface area contributed by atoms with Gasteiger partial charge in [-0.05, 0) is 23.8 Å². The van der Waals surface area contributed by atoms with Gasteiger partial charge in [0.15, 0.2) is 0 Å². The van der Waals surface area contributed by atoms with E-state index in [4.69, 9.17) is 23.2 Å². The van der Waals surface area contributed by atoms with Crippen LogP contribution in [0.1, 0.15) is 5.56 Å². The molecule has 0 unspecified atom stereocenters. The molecule has 2 aromatic rings. The molecule has 0 atom stereocenters. The summed E-state index contributed by atoms with van der Waals surface area (Å²) in [6, 6.07) is 5.52. The van der Waals surface area contributed by atoms with Crippen LogP contribution < -0.4 is 0 Å². The number of imidazole rings is 1. The third-order valence-corrected chi connectivity index (χ3v) is 2.28. The van der Waals surface area contributed by atoms with Crippen LogP contribution in [0.5, 0.6) is 0 Å². The van der Waals surface area contributed by atoms with E-state index >= 15 is 0 Å². The molecule has 0 aliphatic heterocycles. The van der Waals surface area contributed by atoms with Crippen molar-refractivity contribution in [1.82, 2.24) is 9.55 Å². The summed E-state index contributed by atoms with van der Waals surface area (Å²) < 4.78 is 1.96. The Balaban J connectivity index is 2.25. The average molecular weight is 227 g/mol. The van der Waals surface area contributed by atoms with E-state index < -0.39 is 0 Å². The number of nitrogens with zero attached hydrogens (tertiary/aromatic N) is 2. The fourth-order valence-corrected chi connectivity index (χ4v) is 1.86. The first-order chi connectivity index (χ1) is 6.74. The standard InChI is InChI=1S/C10H8Cl2N2/c11-9-3-8(4-10(12)5-9)6-14-2-1-13-7-14/h1-5,7H,6H2. The van der Waals surface area contributed by atoms with E-state index in [0.717, 1.165) is 12.1 Å².